The van der Waals surface area contributed by atoms with Gasteiger partial charge >= 0.3 is 0 Å². The average molecular weight is 561 g/mol. The first-order chi connectivity index (χ1) is 20.7. The van der Waals surface area contributed by atoms with Gasteiger partial charge in [0.2, 0.25) is 5.91 Å². The van der Waals surface area contributed by atoms with Crippen molar-refractivity contribution in [1.29, 1.82) is 0 Å². The molecule has 1 atom stereocenters. The molecule has 0 spiro atoms. The van der Waals surface area contributed by atoms with Crippen LogP contribution in [0.3, 0.4) is 0 Å². The van der Waals surface area contributed by atoms with Crippen molar-refractivity contribution < 1.29 is 14.3 Å². The van der Waals surface area contributed by atoms with Crippen molar-refractivity contribution in [2.45, 2.75) is 19.1 Å². The first-order valence-corrected chi connectivity index (χ1v) is 14.1. The Morgan fingerprint density at radius 1 is 0.833 bits per heavy atom. The van der Waals surface area contributed by atoms with Crippen molar-refractivity contribution in [3.8, 4) is 0 Å². The molecule has 0 saturated carbocycles. The monoisotopic (exact) mass is 560 g/mol. The minimum atomic E-state index is -0.882. The number of carbonyl (C=O) groups excluding carboxylic acids is 2. The van der Waals surface area contributed by atoms with E-state index < -0.39 is 6.04 Å². The Bertz CT molecular complexity index is 1630. The van der Waals surface area contributed by atoms with Crippen molar-refractivity contribution in [3.63, 3.8) is 0 Å². The van der Waals surface area contributed by atoms with E-state index in [1.54, 1.807) is 9.58 Å². The van der Waals surface area contributed by atoms with Crippen LogP contribution in [0.4, 0.5) is 11.4 Å². The van der Waals surface area contributed by atoms with Gasteiger partial charge in [0, 0.05) is 31.0 Å². The second kappa shape index (κ2) is 12.7. The lowest BCUT2D eigenvalue weighted by atomic mass is 10.0. The number of nitrogens with zero attached hydrogens (tertiary/aromatic N) is 5. The van der Waals surface area contributed by atoms with Gasteiger partial charge in [-0.25, -0.2) is 4.68 Å². The molecular weight excluding hydrogens is 528 g/mol. The van der Waals surface area contributed by atoms with Crippen LogP contribution < -0.4 is 10.2 Å². The first-order valence-electron chi connectivity index (χ1n) is 14.1. The number of benzene rings is 4. The van der Waals surface area contributed by atoms with E-state index in [1.807, 2.05) is 109 Å². The van der Waals surface area contributed by atoms with Gasteiger partial charge in [0.05, 0.1) is 18.7 Å². The third-order valence-electron chi connectivity index (χ3n) is 7.41. The van der Waals surface area contributed by atoms with Crippen molar-refractivity contribution in [1.82, 2.24) is 19.9 Å². The van der Waals surface area contributed by atoms with Crippen molar-refractivity contribution in [2.75, 3.05) is 36.5 Å². The quantitative estimate of drug-likeness (QED) is 0.282. The molecule has 1 fully saturated rings. The molecule has 2 amide bonds. The maximum absolute atomic E-state index is 14.1. The summed E-state index contributed by atoms with van der Waals surface area (Å²) < 4.78 is 7.05. The summed E-state index contributed by atoms with van der Waals surface area (Å²) in [6, 6.07) is 33.5. The van der Waals surface area contributed by atoms with E-state index in [0.29, 0.717) is 30.0 Å². The lowest BCUT2D eigenvalue weighted by Gasteiger charge is -2.32. The van der Waals surface area contributed by atoms with Crippen LogP contribution >= 0.6 is 0 Å². The zero-order valence-corrected chi connectivity index (χ0v) is 23.2. The number of hydrogen-bond donors (Lipinski definition) is 1. The van der Waals surface area contributed by atoms with Crippen molar-refractivity contribution in [2.24, 2.45) is 0 Å². The highest BCUT2D eigenvalue weighted by Crippen LogP contribution is 2.27. The molecule has 6 rings (SSSR count). The van der Waals surface area contributed by atoms with Gasteiger partial charge in [-0.1, -0.05) is 78.0 Å². The highest BCUT2D eigenvalue weighted by atomic mass is 16.5. The summed E-state index contributed by atoms with van der Waals surface area (Å²) in [7, 11) is 0. The van der Waals surface area contributed by atoms with Gasteiger partial charge in [0.25, 0.3) is 5.91 Å². The maximum Gasteiger partial charge on any atom is 0.251 e. The highest BCUT2D eigenvalue weighted by Gasteiger charge is 2.32. The Morgan fingerprint density at radius 2 is 1.50 bits per heavy atom. The number of anilines is 2. The zero-order valence-electron chi connectivity index (χ0n) is 23.2. The first kappa shape index (κ1) is 27.2. The van der Waals surface area contributed by atoms with Crippen LogP contribution in [0.2, 0.25) is 0 Å². The van der Waals surface area contributed by atoms with E-state index in [1.165, 1.54) is 0 Å². The molecule has 0 bridgehead atoms. The van der Waals surface area contributed by atoms with Gasteiger partial charge in [0.15, 0.2) is 0 Å². The SMILES string of the molecule is O=C(Nc1ccc(N2CCOCC2)cc1)[C@@H](c1ccccc1)N(Cc1ccccc1)C(=O)Cn1nnc2ccccc21. The fourth-order valence-corrected chi connectivity index (χ4v) is 5.25. The van der Waals surface area contributed by atoms with Crippen LogP contribution in [0.25, 0.3) is 11.0 Å². The standard InChI is InChI=1S/C33H32N6O3/c40-31(24-39-30-14-8-7-13-29(30)35-36-39)38(23-25-9-3-1-4-10-25)32(26-11-5-2-6-12-26)33(41)34-27-15-17-28(18-16-27)37-19-21-42-22-20-37/h1-18,32H,19-24H2,(H,34,41)/t32-/m1/s1. The number of rotatable bonds is 9. The third-order valence-corrected chi connectivity index (χ3v) is 7.41. The van der Waals surface area contributed by atoms with E-state index >= 15 is 0 Å². The second-order valence-electron chi connectivity index (χ2n) is 10.2. The fourth-order valence-electron chi connectivity index (χ4n) is 5.25. The largest absolute Gasteiger partial charge is 0.378 e. The molecule has 1 saturated heterocycles. The minimum Gasteiger partial charge on any atom is -0.378 e. The summed E-state index contributed by atoms with van der Waals surface area (Å²) in [6.45, 7) is 3.26. The lowest BCUT2D eigenvalue weighted by molar-refractivity contribution is -0.140. The molecule has 0 unspecified atom stereocenters. The van der Waals surface area contributed by atoms with Gasteiger partial charge in [-0.05, 0) is 47.5 Å². The zero-order chi connectivity index (χ0) is 28.7. The Kier molecular flexibility index (Phi) is 8.19. The second-order valence-corrected chi connectivity index (χ2v) is 10.2. The number of morpholine rings is 1. The molecule has 1 N–H and O–H groups in total. The van der Waals surface area contributed by atoms with Crippen LogP contribution in [0.1, 0.15) is 17.2 Å². The topological polar surface area (TPSA) is 92.6 Å². The van der Waals surface area contributed by atoms with Crippen molar-refractivity contribution in [3.05, 3.63) is 120 Å². The number of fused-ring (bicyclic) bond motifs is 1. The molecule has 1 aliphatic heterocycles. The fraction of sp³-hybridized carbons (Fsp3) is 0.212. The number of aromatic nitrogens is 3. The predicted molar refractivity (Wildman–Crippen MR) is 162 cm³/mol. The van der Waals surface area contributed by atoms with Gasteiger partial charge in [-0.2, -0.15) is 0 Å². The molecule has 9 nitrogen and oxygen atoms in total. The molecule has 0 aliphatic carbocycles. The summed E-state index contributed by atoms with van der Waals surface area (Å²) >= 11 is 0. The summed E-state index contributed by atoms with van der Waals surface area (Å²) in [4.78, 5) is 32.1. The molecule has 4 aromatic carbocycles. The van der Waals surface area contributed by atoms with E-state index in [4.69, 9.17) is 4.74 Å². The molecule has 212 valence electrons. The van der Waals surface area contributed by atoms with E-state index in [0.717, 1.165) is 29.9 Å². The van der Waals surface area contributed by atoms with Crippen LogP contribution in [0, 0.1) is 0 Å². The van der Waals surface area contributed by atoms with Crippen LogP contribution in [-0.4, -0.2) is 58.0 Å². The molecule has 2 heterocycles. The molecule has 9 heteroatoms. The van der Waals surface area contributed by atoms with Gasteiger partial charge in [0.1, 0.15) is 18.1 Å². The van der Waals surface area contributed by atoms with Crippen LogP contribution in [0.5, 0.6) is 0 Å². The van der Waals surface area contributed by atoms with E-state index in [9.17, 15) is 9.59 Å². The Hall–Kier alpha value is -5.02. The minimum absolute atomic E-state index is 0.0573. The number of ether oxygens (including phenoxy) is 1. The highest BCUT2D eigenvalue weighted by molar-refractivity contribution is 5.98. The number of amides is 2. The summed E-state index contributed by atoms with van der Waals surface area (Å²) in [5, 5.41) is 11.5. The van der Waals surface area contributed by atoms with Crippen LogP contribution in [-0.2, 0) is 27.4 Å². The molecule has 1 aliphatic rings. The molecular formula is C33H32N6O3. The maximum atomic E-state index is 14.1. The lowest BCUT2D eigenvalue weighted by Crippen LogP contribution is -2.42. The smallest absolute Gasteiger partial charge is 0.251 e. The molecule has 1 aromatic heterocycles. The van der Waals surface area contributed by atoms with Gasteiger partial charge < -0.3 is 19.9 Å². The van der Waals surface area contributed by atoms with Crippen molar-refractivity contribution >= 4 is 34.2 Å². The Labute approximate surface area is 244 Å². The molecule has 0 radical (unpaired) electrons. The van der Waals surface area contributed by atoms with E-state index in [2.05, 4.69) is 20.5 Å². The summed E-state index contributed by atoms with van der Waals surface area (Å²) in [6.07, 6.45) is 0. The molecule has 42 heavy (non-hydrogen) atoms. The summed E-state index contributed by atoms with van der Waals surface area (Å²) in [5.41, 5.74) is 4.83. The third kappa shape index (κ3) is 6.16. The number of hydrogen-bond acceptors (Lipinski definition) is 6. The number of para-hydroxylation sites is 1. The van der Waals surface area contributed by atoms with Gasteiger partial charge in [-0.3, -0.25) is 9.59 Å². The van der Waals surface area contributed by atoms with E-state index in [-0.39, 0.29) is 24.9 Å². The molecule has 5 aromatic rings. The van der Waals surface area contributed by atoms with Gasteiger partial charge in [-0.15, -0.1) is 5.10 Å². The Morgan fingerprint density at radius 3 is 2.24 bits per heavy atom. The predicted octanol–water partition coefficient (Wildman–Crippen LogP) is 4.68. The summed E-state index contributed by atoms with van der Waals surface area (Å²) in [5.74, 6) is -0.547. The number of nitrogens with one attached hydrogen (secondary N) is 1. The number of carbonyl (C=O) groups is 2. The average Bonchev–Trinajstić information content (AvgIpc) is 3.45. The Balaban J connectivity index is 1.31. The van der Waals surface area contributed by atoms with Crippen LogP contribution in [0.15, 0.2) is 109 Å². The normalized spacial score (nSPS) is 14.0.